The van der Waals surface area contributed by atoms with Crippen molar-refractivity contribution < 1.29 is 14.6 Å². The molecule has 0 aliphatic heterocycles. The number of benzene rings is 2. The topological polar surface area (TPSA) is 38.7 Å². The molecular formula is C16H17ClO3. The smallest absolute Gasteiger partial charge is 0.161 e. The van der Waals surface area contributed by atoms with Gasteiger partial charge < -0.3 is 14.6 Å². The highest BCUT2D eigenvalue weighted by atomic mass is 35.5. The molecule has 0 heterocycles. The van der Waals surface area contributed by atoms with Crippen molar-refractivity contribution in [2.45, 2.75) is 12.5 Å². The van der Waals surface area contributed by atoms with Crippen LogP contribution in [0.2, 0.25) is 5.02 Å². The molecule has 0 aromatic heterocycles. The molecule has 2 rings (SSSR count). The molecule has 0 amide bonds. The van der Waals surface area contributed by atoms with Gasteiger partial charge in [0.1, 0.15) is 5.60 Å². The maximum absolute atomic E-state index is 10.8. The van der Waals surface area contributed by atoms with Crippen LogP contribution in [0, 0.1) is 0 Å². The molecule has 1 unspecified atom stereocenters. The Bertz CT molecular complexity index is 608. The minimum absolute atomic E-state index is 0.521. The van der Waals surface area contributed by atoms with Crippen molar-refractivity contribution in [3.8, 4) is 11.5 Å². The van der Waals surface area contributed by atoms with Gasteiger partial charge in [0.15, 0.2) is 11.5 Å². The lowest BCUT2D eigenvalue weighted by Gasteiger charge is -2.26. The first kappa shape index (κ1) is 14.7. The molecule has 3 nitrogen and oxygen atoms in total. The van der Waals surface area contributed by atoms with Gasteiger partial charge in [-0.1, -0.05) is 35.9 Å². The Labute approximate surface area is 123 Å². The van der Waals surface area contributed by atoms with E-state index < -0.39 is 5.60 Å². The third-order valence-electron chi connectivity index (χ3n) is 3.34. The maximum atomic E-state index is 10.8. The van der Waals surface area contributed by atoms with Crippen LogP contribution in [-0.4, -0.2) is 19.3 Å². The first-order chi connectivity index (χ1) is 9.50. The zero-order chi connectivity index (χ0) is 14.8. The largest absolute Gasteiger partial charge is 0.493 e. The van der Waals surface area contributed by atoms with E-state index in [-0.39, 0.29) is 0 Å². The highest BCUT2D eigenvalue weighted by Gasteiger charge is 2.28. The molecule has 1 N–H and O–H groups in total. The van der Waals surface area contributed by atoms with Gasteiger partial charge in [-0.15, -0.1) is 0 Å². The summed E-state index contributed by atoms with van der Waals surface area (Å²) in [5, 5.41) is 11.4. The number of halogens is 1. The van der Waals surface area contributed by atoms with Crippen molar-refractivity contribution in [2.75, 3.05) is 14.2 Å². The number of methoxy groups -OCH3 is 2. The minimum atomic E-state index is -1.21. The summed E-state index contributed by atoms with van der Waals surface area (Å²) in [4.78, 5) is 0. The fourth-order valence-electron chi connectivity index (χ4n) is 2.15. The van der Waals surface area contributed by atoms with Crippen LogP contribution in [0.15, 0.2) is 42.5 Å². The highest BCUT2D eigenvalue weighted by Crippen LogP contribution is 2.37. The summed E-state index contributed by atoms with van der Waals surface area (Å²) in [6.45, 7) is 1.70. The zero-order valence-corrected chi connectivity index (χ0v) is 12.4. The summed E-state index contributed by atoms with van der Waals surface area (Å²) in [6.07, 6.45) is 0. The van der Waals surface area contributed by atoms with Crippen molar-refractivity contribution in [1.82, 2.24) is 0 Å². The van der Waals surface area contributed by atoms with Gasteiger partial charge in [-0.05, 0) is 30.7 Å². The second-order valence-electron chi connectivity index (χ2n) is 4.62. The molecule has 4 heteroatoms. The molecule has 0 aliphatic carbocycles. The number of hydrogen-bond donors (Lipinski definition) is 1. The molecule has 1 atom stereocenters. The molecule has 0 bridgehead atoms. The number of rotatable bonds is 4. The van der Waals surface area contributed by atoms with Crippen molar-refractivity contribution in [3.63, 3.8) is 0 Å². The van der Waals surface area contributed by atoms with Crippen LogP contribution in [0.5, 0.6) is 11.5 Å². The van der Waals surface area contributed by atoms with E-state index in [1.807, 2.05) is 12.1 Å². The summed E-state index contributed by atoms with van der Waals surface area (Å²) in [6, 6.07) is 12.5. The van der Waals surface area contributed by atoms with E-state index in [1.165, 1.54) is 0 Å². The van der Waals surface area contributed by atoms with E-state index in [1.54, 1.807) is 51.5 Å². The van der Waals surface area contributed by atoms with Crippen LogP contribution in [0.3, 0.4) is 0 Å². The van der Waals surface area contributed by atoms with Gasteiger partial charge >= 0.3 is 0 Å². The number of aliphatic hydroxyl groups is 1. The summed E-state index contributed by atoms with van der Waals surface area (Å²) in [5.41, 5.74) is 0.120. The lowest BCUT2D eigenvalue weighted by atomic mass is 9.88. The predicted molar refractivity (Wildman–Crippen MR) is 79.7 cm³/mol. The third kappa shape index (κ3) is 2.60. The Hall–Kier alpha value is -1.71. The Kier molecular flexibility index (Phi) is 4.21. The quantitative estimate of drug-likeness (QED) is 0.935. The summed E-state index contributed by atoms with van der Waals surface area (Å²) in [5.74, 6) is 1.18. The van der Waals surface area contributed by atoms with Crippen molar-refractivity contribution in [1.29, 1.82) is 0 Å². The van der Waals surface area contributed by atoms with E-state index >= 15 is 0 Å². The third-order valence-corrected chi connectivity index (χ3v) is 3.67. The Morgan fingerprint density at radius 1 is 1.00 bits per heavy atom. The summed E-state index contributed by atoms with van der Waals surface area (Å²) in [7, 11) is 3.13. The molecule has 0 radical (unpaired) electrons. The predicted octanol–water partition coefficient (Wildman–Crippen LogP) is 3.61. The van der Waals surface area contributed by atoms with E-state index in [9.17, 15) is 5.11 Å². The standard InChI is InChI=1S/C16H17ClO3/c1-16(18,12-6-4-5-7-13(12)17)11-8-9-14(19-2)15(10-11)20-3/h4-10,18H,1-3H3. The van der Waals surface area contributed by atoms with Crippen molar-refractivity contribution in [2.24, 2.45) is 0 Å². The average Bonchev–Trinajstić information content (AvgIpc) is 2.46. The number of hydrogen-bond acceptors (Lipinski definition) is 3. The molecule has 2 aromatic carbocycles. The van der Waals surface area contributed by atoms with Crippen molar-refractivity contribution in [3.05, 3.63) is 58.6 Å². The Morgan fingerprint density at radius 2 is 1.65 bits per heavy atom. The van der Waals surface area contributed by atoms with E-state index in [4.69, 9.17) is 21.1 Å². The van der Waals surface area contributed by atoms with Crippen LogP contribution in [0.4, 0.5) is 0 Å². The average molecular weight is 293 g/mol. The van der Waals surface area contributed by atoms with Gasteiger partial charge in [0, 0.05) is 10.6 Å². The Morgan fingerprint density at radius 3 is 2.25 bits per heavy atom. The van der Waals surface area contributed by atoms with Crippen LogP contribution < -0.4 is 9.47 Å². The van der Waals surface area contributed by atoms with Crippen molar-refractivity contribution >= 4 is 11.6 Å². The molecule has 0 spiro atoms. The molecular weight excluding hydrogens is 276 g/mol. The first-order valence-electron chi connectivity index (χ1n) is 6.20. The molecule has 0 fully saturated rings. The van der Waals surface area contributed by atoms with Crippen LogP contribution >= 0.6 is 11.6 Å². The second kappa shape index (κ2) is 5.73. The van der Waals surface area contributed by atoms with E-state index in [0.29, 0.717) is 27.6 Å². The summed E-state index contributed by atoms with van der Waals surface area (Å²) < 4.78 is 10.5. The maximum Gasteiger partial charge on any atom is 0.161 e. The molecule has 2 aromatic rings. The highest BCUT2D eigenvalue weighted by molar-refractivity contribution is 6.31. The monoisotopic (exact) mass is 292 g/mol. The Balaban J connectivity index is 2.52. The first-order valence-corrected chi connectivity index (χ1v) is 6.58. The molecule has 0 saturated heterocycles. The minimum Gasteiger partial charge on any atom is -0.493 e. The molecule has 0 aliphatic rings. The summed E-state index contributed by atoms with van der Waals surface area (Å²) >= 11 is 6.17. The lowest BCUT2D eigenvalue weighted by molar-refractivity contribution is 0.102. The zero-order valence-electron chi connectivity index (χ0n) is 11.7. The fourth-order valence-corrected chi connectivity index (χ4v) is 2.47. The lowest BCUT2D eigenvalue weighted by Crippen LogP contribution is -2.23. The van der Waals surface area contributed by atoms with Gasteiger partial charge in [0.2, 0.25) is 0 Å². The molecule has 106 valence electrons. The van der Waals surface area contributed by atoms with Gasteiger partial charge in [0.05, 0.1) is 14.2 Å². The van der Waals surface area contributed by atoms with Crippen LogP contribution in [0.1, 0.15) is 18.1 Å². The second-order valence-corrected chi connectivity index (χ2v) is 5.03. The molecule has 0 saturated carbocycles. The van der Waals surface area contributed by atoms with Gasteiger partial charge in [-0.2, -0.15) is 0 Å². The number of ether oxygens (including phenoxy) is 2. The van der Waals surface area contributed by atoms with E-state index in [2.05, 4.69) is 0 Å². The van der Waals surface area contributed by atoms with Gasteiger partial charge in [-0.25, -0.2) is 0 Å². The van der Waals surface area contributed by atoms with Gasteiger partial charge in [0.25, 0.3) is 0 Å². The van der Waals surface area contributed by atoms with Crippen LogP contribution in [0.25, 0.3) is 0 Å². The van der Waals surface area contributed by atoms with Gasteiger partial charge in [-0.3, -0.25) is 0 Å². The fraction of sp³-hybridized carbons (Fsp3) is 0.250. The van der Waals surface area contributed by atoms with Crippen LogP contribution in [-0.2, 0) is 5.60 Å². The SMILES string of the molecule is COc1ccc(C(C)(O)c2ccccc2Cl)cc1OC. The molecule has 20 heavy (non-hydrogen) atoms. The normalized spacial score (nSPS) is 13.7. The van der Waals surface area contributed by atoms with E-state index in [0.717, 1.165) is 0 Å².